The molecule has 0 saturated heterocycles. The summed E-state index contributed by atoms with van der Waals surface area (Å²) in [6.07, 6.45) is 5.07. The second kappa shape index (κ2) is 7.12. The SMILES string of the molecule is O=C(N[C@@H]1CC[C@H](C(=O)O)C1)c1ccc(Oc2cccnc2)cc1. The zero-order chi connectivity index (χ0) is 16.9. The Labute approximate surface area is 139 Å². The van der Waals surface area contributed by atoms with Crippen LogP contribution in [0.25, 0.3) is 0 Å². The largest absolute Gasteiger partial charge is 0.481 e. The first-order chi connectivity index (χ1) is 11.6. The standard InChI is InChI=1S/C18H18N2O4/c21-17(20-14-6-3-13(10-14)18(22)23)12-4-7-15(8-5-12)24-16-2-1-9-19-11-16/h1-2,4-5,7-9,11,13-14H,3,6,10H2,(H,20,21)(H,22,23)/t13-,14+/m0/s1. The lowest BCUT2D eigenvalue weighted by molar-refractivity contribution is -0.141. The maximum Gasteiger partial charge on any atom is 0.306 e. The number of aliphatic carboxylic acids is 1. The second-order valence-corrected chi connectivity index (χ2v) is 5.83. The van der Waals surface area contributed by atoms with Crippen LogP contribution in [0.4, 0.5) is 0 Å². The van der Waals surface area contributed by atoms with Crippen molar-refractivity contribution in [2.24, 2.45) is 5.92 Å². The highest BCUT2D eigenvalue weighted by Crippen LogP contribution is 2.26. The third-order valence-electron chi connectivity index (χ3n) is 4.10. The molecule has 2 aromatic rings. The number of pyridine rings is 1. The van der Waals surface area contributed by atoms with Gasteiger partial charge in [0, 0.05) is 17.8 Å². The van der Waals surface area contributed by atoms with Crippen LogP contribution >= 0.6 is 0 Å². The average molecular weight is 326 g/mol. The van der Waals surface area contributed by atoms with Gasteiger partial charge in [-0.1, -0.05) is 0 Å². The number of nitrogens with one attached hydrogen (secondary N) is 1. The number of nitrogens with zero attached hydrogens (tertiary/aromatic N) is 1. The summed E-state index contributed by atoms with van der Waals surface area (Å²) in [6, 6.07) is 10.3. The van der Waals surface area contributed by atoms with Gasteiger partial charge in [-0.25, -0.2) is 0 Å². The number of carbonyl (C=O) groups is 2. The van der Waals surface area contributed by atoms with E-state index in [2.05, 4.69) is 10.3 Å². The lowest BCUT2D eigenvalue weighted by atomic mass is 10.1. The molecule has 1 aliphatic carbocycles. The highest BCUT2D eigenvalue weighted by molar-refractivity contribution is 5.94. The predicted molar refractivity (Wildman–Crippen MR) is 87.0 cm³/mol. The van der Waals surface area contributed by atoms with E-state index in [0.717, 1.165) is 0 Å². The van der Waals surface area contributed by atoms with Crippen molar-refractivity contribution in [1.82, 2.24) is 10.3 Å². The zero-order valence-corrected chi connectivity index (χ0v) is 13.0. The molecule has 0 aliphatic heterocycles. The number of carboxylic acid groups (broad SMARTS) is 1. The smallest absolute Gasteiger partial charge is 0.306 e. The molecule has 3 rings (SSSR count). The first-order valence-corrected chi connectivity index (χ1v) is 7.83. The highest BCUT2D eigenvalue weighted by atomic mass is 16.5. The third-order valence-corrected chi connectivity index (χ3v) is 4.10. The highest BCUT2D eigenvalue weighted by Gasteiger charge is 2.30. The van der Waals surface area contributed by atoms with E-state index in [9.17, 15) is 9.59 Å². The fourth-order valence-corrected chi connectivity index (χ4v) is 2.82. The van der Waals surface area contributed by atoms with Crippen LogP contribution in [0.15, 0.2) is 48.8 Å². The molecule has 1 aliphatic rings. The molecular weight excluding hydrogens is 308 g/mol. The Morgan fingerprint density at radius 3 is 2.54 bits per heavy atom. The van der Waals surface area contributed by atoms with E-state index in [1.54, 1.807) is 48.8 Å². The molecule has 24 heavy (non-hydrogen) atoms. The first kappa shape index (κ1) is 16.0. The Kier molecular flexibility index (Phi) is 4.74. The Balaban J connectivity index is 1.57. The van der Waals surface area contributed by atoms with Crippen LogP contribution in [-0.2, 0) is 4.79 Å². The zero-order valence-electron chi connectivity index (χ0n) is 13.0. The number of benzene rings is 1. The summed E-state index contributed by atoms with van der Waals surface area (Å²) in [5.41, 5.74) is 0.521. The Bertz CT molecular complexity index is 716. The van der Waals surface area contributed by atoms with Gasteiger partial charge < -0.3 is 15.2 Å². The molecule has 0 bridgehead atoms. The Morgan fingerprint density at radius 1 is 1.12 bits per heavy atom. The molecular formula is C18H18N2O4. The van der Waals surface area contributed by atoms with Gasteiger partial charge in [0.25, 0.3) is 5.91 Å². The Hall–Kier alpha value is -2.89. The molecule has 1 heterocycles. The molecule has 1 aromatic heterocycles. The summed E-state index contributed by atoms with van der Waals surface area (Å²) in [6.45, 7) is 0. The van der Waals surface area contributed by atoms with Crippen molar-refractivity contribution in [1.29, 1.82) is 0 Å². The van der Waals surface area contributed by atoms with Crippen molar-refractivity contribution in [2.75, 3.05) is 0 Å². The van der Waals surface area contributed by atoms with Gasteiger partial charge in [0.05, 0.1) is 12.1 Å². The monoisotopic (exact) mass is 326 g/mol. The summed E-state index contributed by atoms with van der Waals surface area (Å²) < 4.78 is 5.63. The minimum Gasteiger partial charge on any atom is -0.481 e. The van der Waals surface area contributed by atoms with Crippen molar-refractivity contribution in [3.8, 4) is 11.5 Å². The van der Waals surface area contributed by atoms with Crippen LogP contribution in [0.3, 0.4) is 0 Å². The van der Waals surface area contributed by atoms with Crippen LogP contribution in [0.1, 0.15) is 29.6 Å². The molecule has 6 heteroatoms. The van der Waals surface area contributed by atoms with E-state index >= 15 is 0 Å². The molecule has 0 radical (unpaired) electrons. The summed E-state index contributed by atoms with van der Waals surface area (Å²) in [4.78, 5) is 27.2. The second-order valence-electron chi connectivity index (χ2n) is 5.83. The average Bonchev–Trinajstić information content (AvgIpc) is 3.05. The quantitative estimate of drug-likeness (QED) is 0.882. The topological polar surface area (TPSA) is 88.5 Å². The normalized spacial score (nSPS) is 19.7. The number of amides is 1. The lowest BCUT2D eigenvalue weighted by Gasteiger charge is -2.13. The minimum atomic E-state index is -0.788. The number of hydrogen-bond acceptors (Lipinski definition) is 4. The van der Waals surface area contributed by atoms with Crippen LogP contribution in [-0.4, -0.2) is 28.0 Å². The lowest BCUT2D eigenvalue weighted by Crippen LogP contribution is -2.33. The Morgan fingerprint density at radius 2 is 1.92 bits per heavy atom. The van der Waals surface area contributed by atoms with Crippen molar-refractivity contribution >= 4 is 11.9 Å². The molecule has 0 spiro atoms. The van der Waals surface area contributed by atoms with Crippen molar-refractivity contribution in [3.63, 3.8) is 0 Å². The fraction of sp³-hybridized carbons (Fsp3) is 0.278. The summed E-state index contributed by atoms with van der Waals surface area (Å²) >= 11 is 0. The molecule has 1 saturated carbocycles. The maximum atomic E-state index is 12.2. The van der Waals surface area contributed by atoms with Gasteiger partial charge in [0.1, 0.15) is 11.5 Å². The molecule has 2 N–H and O–H groups in total. The maximum absolute atomic E-state index is 12.2. The van der Waals surface area contributed by atoms with Crippen LogP contribution in [0.2, 0.25) is 0 Å². The molecule has 0 unspecified atom stereocenters. The van der Waals surface area contributed by atoms with Crippen molar-refractivity contribution in [2.45, 2.75) is 25.3 Å². The molecule has 1 amide bonds. The van der Waals surface area contributed by atoms with E-state index in [1.807, 2.05) is 0 Å². The number of carbonyl (C=O) groups excluding carboxylic acids is 1. The molecule has 1 aromatic carbocycles. The number of hydrogen-bond donors (Lipinski definition) is 2. The first-order valence-electron chi connectivity index (χ1n) is 7.83. The molecule has 124 valence electrons. The van der Waals surface area contributed by atoms with E-state index in [0.29, 0.717) is 36.3 Å². The van der Waals surface area contributed by atoms with Crippen LogP contribution < -0.4 is 10.1 Å². The van der Waals surface area contributed by atoms with Crippen molar-refractivity contribution in [3.05, 3.63) is 54.4 Å². The summed E-state index contributed by atoms with van der Waals surface area (Å²) in [5, 5.41) is 11.9. The van der Waals surface area contributed by atoms with Gasteiger partial charge in [-0.05, 0) is 55.7 Å². The minimum absolute atomic E-state index is 0.0788. The van der Waals surface area contributed by atoms with Crippen molar-refractivity contribution < 1.29 is 19.4 Å². The van der Waals surface area contributed by atoms with E-state index in [4.69, 9.17) is 9.84 Å². The molecule has 6 nitrogen and oxygen atoms in total. The van der Waals surface area contributed by atoms with Gasteiger partial charge in [-0.3, -0.25) is 14.6 Å². The van der Waals surface area contributed by atoms with Gasteiger partial charge in [-0.2, -0.15) is 0 Å². The van der Waals surface area contributed by atoms with Crippen LogP contribution in [0.5, 0.6) is 11.5 Å². The number of aromatic nitrogens is 1. The number of carboxylic acids is 1. The van der Waals surface area contributed by atoms with E-state index < -0.39 is 5.97 Å². The van der Waals surface area contributed by atoms with E-state index in [-0.39, 0.29) is 17.9 Å². The number of ether oxygens (including phenoxy) is 1. The van der Waals surface area contributed by atoms with Crippen LogP contribution in [0, 0.1) is 5.92 Å². The van der Waals surface area contributed by atoms with Gasteiger partial charge in [-0.15, -0.1) is 0 Å². The summed E-state index contributed by atoms with van der Waals surface area (Å²) in [7, 11) is 0. The number of rotatable bonds is 5. The third kappa shape index (κ3) is 3.90. The molecule has 2 atom stereocenters. The van der Waals surface area contributed by atoms with Gasteiger partial charge in [0.2, 0.25) is 0 Å². The van der Waals surface area contributed by atoms with Gasteiger partial charge in [0.15, 0.2) is 0 Å². The predicted octanol–water partition coefficient (Wildman–Crippen LogP) is 2.86. The fourth-order valence-electron chi connectivity index (χ4n) is 2.82. The summed E-state index contributed by atoms with van der Waals surface area (Å²) in [5.74, 6) is -0.0973. The molecule has 1 fully saturated rings. The van der Waals surface area contributed by atoms with Gasteiger partial charge >= 0.3 is 5.97 Å². The van der Waals surface area contributed by atoms with E-state index in [1.165, 1.54) is 0 Å².